The Kier molecular flexibility index (Phi) is 3.62. The lowest BCUT2D eigenvalue weighted by atomic mass is 10.0. The largest absolute Gasteiger partial charge is 0.439 e. The topological polar surface area (TPSA) is 84.7 Å². The van der Waals surface area contributed by atoms with Gasteiger partial charge in [0.05, 0.1) is 13.1 Å². The van der Waals surface area contributed by atoms with Crippen LogP contribution in [0.15, 0.2) is 10.9 Å². The van der Waals surface area contributed by atoms with Crippen molar-refractivity contribution in [2.75, 3.05) is 26.7 Å². The number of ether oxygens (including phenoxy) is 1. The molecule has 1 aromatic rings. The number of likely N-dealkylation sites (N-methyl/N-ethyl adjacent to an activating group) is 1. The van der Waals surface area contributed by atoms with Gasteiger partial charge < -0.3 is 14.5 Å². The molecule has 0 bridgehead atoms. The third kappa shape index (κ3) is 2.80. The molecule has 0 unspecified atom stereocenters. The Morgan fingerprint density at radius 1 is 1.35 bits per heavy atom. The quantitative estimate of drug-likeness (QED) is 0.760. The van der Waals surface area contributed by atoms with Crippen molar-refractivity contribution in [2.45, 2.75) is 32.4 Å². The molecule has 3 rings (SSSR count). The third-order valence-corrected chi connectivity index (χ3v) is 4.45. The number of hydrogen-bond donors (Lipinski definition) is 0. The highest BCUT2D eigenvalue weighted by Gasteiger charge is 2.49. The zero-order chi connectivity index (χ0) is 16.8. The molecule has 1 spiro atoms. The van der Waals surface area contributed by atoms with E-state index in [1.54, 1.807) is 31.9 Å². The Labute approximate surface area is 133 Å². The minimum absolute atomic E-state index is 0.0438. The maximum Gasteiger partial charge on any atom is 0.410 e. The zero-order valence-corrected chi connectivity index (χ0v) is 13.5. The molecule has 8 heteroatoms. The number of carbonyl (C=O) groups is 2. The summed E-state index contributed by atoms with van der Waals surface area (Å²) in [6.07, 6.45) is 0.267. The second-order valence-electron chi connectivity index (χ2n) is 6.38. The predicted octanol–water partition coefficient (Wildman–Crippen LogP) is -0.0868. The van der Waals surface area contributed by atoms with Gasteiger partial charge in [0.1, 0.15) is 6.54 Å². The molecule has 0 radical (unpaired) electrons. The average molecular weight is 320 g/mol. The van der Waals surface area contributed by atoms with Crippen LogP contribution in [0.5, 0.6) is 0 Å². The maximum absolute atomic E-state index is 12.5. The monoisotopic (exact) mass is 320 g/mol. The predicted molar refractivity (Wildman–Crippen MR) is 81.0 cm³/mol. The van der Waals surface area contributed by atoms with E-state index in [-0.39, 0.29) is 18.5 Å². The van der Waals surface area contributed by atoms with Gasteiger partial charge in [0.15, 0.2) is 5.60 Å². The van der Waals surface area contributed by atoms with Crippen LogP contribution in [0.2, 0.25) is 0 Å². The van der Waals surface area contributed by atoms with Crippen LogP contribution in [0.1, 0.15) is 17.8 Å². The van der Waals surface area contributed by atoms with Gasteiger partial charge in [0, 0.05) is 31.4 Å². The van der Waals surface area contributed by atoms with Crippen LogP contribution < -0.4 is 5.69 Å². The van der Waals surface area contributed by atoms with Crippen LogP contribution in [0.25, 0.3) is 0 Å². The smallest absolute Gasteiger partial charge is 0.410 e. The summed E-state index contributed by atoms with van der Waals surface area (Å²) < 4.78 is 6.80. The molecule has 0 saturated carbocycles. The van der Waals surface area contributed by atoms with Gasteiger partial charge in [-0.3, -0.25) is 9.36 Å². The Balaban J connectivity index is 1.71. The first kappa shape index (κ1) is 15.5. The Morgan fingerprint density at radius 3 is 2.70 bits per heavy atom. The van der Waals surface area contributed by atoms with Crippen LogP contribution in [0.3, 0.4) is 0 Å². The number of hydrogen-bond acceptors (Lipinski definition) is 5. The van der Waals surface area contributed by atoms with Crippen molar-refractivity contribution in [3.63, 3.8) is 0 Å². The highest BCUT2D eigenvalue weighted by atomic mass is 16.6. The molecule has 2 amide bonds. The van der Waals surface area contributed by atoms with Gasteiger partial charge in [-0.1, -0.05) is 0 Å². The zero-order valence-electron chi connectivity index (χ0n) is 13.5. The number of aromatic nitrogens is 2. The lowest BCUT2D eigenvalue weighted by Crippen LogP contribution is -2.41. The standard InChI is InChI=1S/C15H20N4O4/c1-10-6-11(2)19(13(21)16-10)7-12(20)18-5-4-15(9-18)8-17(3)14(22)23-15/h6H,4-5,7-9H2,1-3H3/t15-/m1/s1. The fourth-order valence-electron chi connectivity index (χ4n) is 3.26. The van der Waals surface area contributed by atoms with Gasteiger partial charge in [-0.15, -0.1) is 0 Å². The lowest BCUT2D eigenvalue weighted by Gasteiger charge is -2.22. The Hall–Kier alpha value is -2.38. The molecule has 23 heavy (non-hydrogen) atoms. The highest BCUT2D eigenvalue weighted by Crippen LogP contribution is 2.31. The summed E-state index contributed by atoms with van der Waals surface area (Å²) >= 11 is 0. The SMILES string of the molecule is Cc1cc(C)n(CC(=O)N2CC[C@@]3(CN(C)C(=O)O3)C2)c(=O)n1. The maximum atomic E-state index is 12.5. The van der Waals surface area contributed by atoms with Crippen molar-refractivity contribution >= 4 is 12.0 Å². The summed E-state index contributed by atoms with van der Waals surface area (Å²) in [4.78, 5) is 43.1. The summed E-state index contributed by atoms with van der Waals surface area (Å²) in [6.45, 7) is 4.86. The molecule has 124 valence electrons. The van der Waals surface area contributed by atoms with Crippen LogP contribution in [0, 0.1) is 13.8 Å². The second kappa shape index (κ2) is 5.36. The van der Waals surface area contributed by atoms with Crippen molar-refractivity contribution in [3.05, 3.63) is 27.9 Å². The normalized spacial score (nSPS) is 23.7. The van der Waals surface area contributed by atoms with E-state index < -0.39 is 11.3 Å². The fraction of sp³-hybridized carbons (Fsp3) is 0.600. The van der Waals surface area contributed by atoms with Crippen molar-refractivity contribution in [2.24, 2.45) is 0 Å². The third-order valence-electron chi connectivity index (χ3n) is 4.45. The van der Waals surface area contributed by atoms with Gasteiger partial charge in [-0.2, -0.15) is 4.98 Å². The van der Waals surface area contributed by atoms with Gasteiger partial charge in [-0.25, -0.2) is 9.59 Å². The second-order valence-corrected chi connectivity index (χ2v) is 6.38. The number of nitrogens with zero attached hydrogens (tertiary/aromatic N) is 4. The van der Waals surface area contributed by atoms with Crippen LogP contribution >= 0.6 is 0 Å². The van der Waals surface area contributed by atoms with E-state index in [1.807, 2.05) is 0 Å². The molecule has 3 heterocycles. The van der Waals surface area contributed by atoms with Gasteiger partial charge >= 0.3 is 11.8 Å². The molecule has 2 fully saturated rings. The molecule has 0 aliphatic carbocycles. The molecule has 2 aliphatic heterocycles. The van der Waals surface area contributed by atoms with E-state index in [2.05, 4.69) is 4.98 Å². The summed E-state index contributed by atoms with van der Waals surface area (Å²) in [5.74, 6) is -0.164. The molecular weight excluding hydrogens is 300 g/mol. The van der Waals surface area contributed by atoms with Gasteiger partial charge in [-0.05, 0) is 19.9 Å². The van der Waals surface area contributed by atoms with Crippen LogP contribution in [0.4, 0.5) is 4.79 Å². The van der Waals surface area contributed by atoms with E-state index in [1.165, 1.54) is 9.47 Å². The Morgan fingerprint density at radius 2 is 2.09 bits per heavy atom. The first-order chi connectivity index (χ1) is 10.8. The molecule has 2 aliphatic rings. The van der Waals surface area contributed by atoms with Gasteiger partial charge in [0.2, 0.25) is 5.91 Å². The van der Waals surface area contributed by atoms with Gasteiger partial charge in [0.25, 0.3) is 0 Å². The molecular formula is C15H20N4O4. The summed E-state index contributed by atoms with van der Waals surface area (Å²) in [5.41, 5.74) is 0.318. The van der Waals surface area contributed by atoms with Crippen molar-refractivity contribution in [3.8, 4) is 0 Å². The minimum Gasteiger partial charge on any atom is -0.439 e. The molecule has 0 aromatic carbocycles. The van der Waals surface area contributed by atoms with Crippen molar-refractivity contribution < 1.29 is 14.3 Å². The number of carbonyl (C=O) groups excluding carboxylic acids is 2. The molecule has 8 nitrogen and oxygen atoms in total. The summed E-state index contributed by atoms with van der Waals surface area (Å²) in [7, 11) is 1.68. The van der Waals surface area contributed by atoms with E-state index in [9.17, 15) is 14.4 Å². The number of amides is 2. The molecule has 0 N–H and O–H groups in total. The summed E-state index contributed by atoms with van der Waals surface area (Å²) in [5, 5.41) is 0. The molecule has 1 aromatic heterocycles. The van der Waals surface area contributed by atoms with E-state index in [0.29, 0.717) is 37.4 Å². The first-order valence-electron chi connectivity index (χ1n) is 7.57. The number of aryl methyl sites for hydroxylation is 2. The number of likely N-dealkylation sites (tertiary alicyclic amines) is 1. The minimum atomic E-state index is -0.604. The lowest BCUT2D eigenvalue weighted by molar-refractivity contribution is -0.131. The fourth-order valence-corrected chi connectivity index (χ4v) is 3.26. The molecule has 1 atom stereocenters. The Bertz CT molecular complexity index is 729. The van der Waals surface area contributed by atoms with Crippen molar-refractivity contribution in [1.29, 1.82) is 0 Å². The van der Waals surface area contributed by atoms with E-state index >= 15 is 0 Å². The van der Waals surface area contributed by atoms with Crippen molar-refractivity contribution in [1.82, 2.24) is 19.4 Å². The first-order valence-corrected chi connectivity index (χ1v) is 7.57. The van der Waals surface area contributed by atoms with E-state index in [4.69, 9.17) is 4.74 Å². The molecule has 2 saturated heterocycles. The van der Waals surface area contributed by atoms with Crippen LogP contribution in [-0.2, 0) is 16.1 Å². The van der Waals surface area contributed by atoms with Crippen LogP contribution in [-0.4, -0.2) is 63.6 Å². The number of rotatable bonds is 2. The highest BCUT2D eigenvalue weighted by molar-refractivity contribution is 5.77. The van der Waals surface area contributed by atoms with E-state index in [0.717, 1.165) is 0 Å². The summed E-state index contributed by atoms with van der Waals surface area (Å²) in [6, 6.07) is 1.77. The average Bonchev–Trinajstić information content (AvgIpc) is 2.98.